The van der Waals surface area contributed by atoms with Gasteiger partial charge < -0.3 is 9.31 Å². The van der Waals surface area contributed by atoms with Gasteiger partial charge in [0.05, 0.1) is 11.2 Å². The van der Waals surface area contributed by atoms with Crippen molar-refractivity contribution in [1.82, 2.24) is 0 Å². The first-order valence-electron chi connectivity index (χ1n) is 8.35. The minimum atomic E-state index is -0.293. The highest BCUT2D eigenvalue weighted by Gasteiger charge is 2.51. The van der Waals surface area contributed by atoms with Crippen LogP contribution in [-0.4, -0.2) is 18.3 Å². The second-order valence-corrected chi connectivity index (χ2v) is 8.84. The SMILES string of the molecule is CC(C)c1cc(B2OC(C)(C)C(C)(C)O2)ccc1C(C)(C)C. The van der Waals surface area contributed by atoms with Crippen molar-refractivity contribution >= 4 is 12.6 Å². The molecule has 0 amide bonds. The quantitative estimate of drug-likeness (QED) is 0.754. The van der Waals surface area contributed by atoms with E-state index in [0.717, 1.165) is 5.46 Å². The van der Waals surface area contributed by atoms with Crippen LogP contribution in [0.5, 0.6) is 0 Å². The largest absolute Gasteiger partial charge is 0.494 e. The third kappa shape index (κ3) is 3.11. The molecule has 1 aliphatic heterocycles. The van der Waals surface area contributed by atoms with Gasteiger partial charge in [-0.1, -0.05) is 52.8 Å². The zero-order valence-electron chi connectivity index (χ0n) is 15.7. The molecule has 2 nitrogen and oxygen atoms in total. The lowest BCUT2D eigenvalue weighted by Crippen LogP contribution is -2.41. The molecule has 1 fully saturated rings. The average Bonchev–Trinajstić information content (AvgIpc) is 2.56. The number of hydrogen-bond acceptors (Lipinski definition) is 2. The Labute approximate surface area is 136 Å². The molecule has 122 valence electrons. The summed E-state index contributed by atoms with van der Waals surface area (Å²) in [6.07, 6.45) is 0. The Kier molecular flexibility index (Phi) is 4.30. The van der Waals surface area contributed by atoms with Gasteiger partial charge in [-0.15, -0.1) is 0 Å². The van der Waals surface area contributed by atoms with Crippen molar-refractivity contribution in [2.45, 2.75) is 84.8 Å². The third-order valence-electron chi connectivity index (χ3n) is 5.03. The maximum absolute atomic E-state index is 6.19. The van der Waals surface area contributed by atoms with Crippen LogP contribution in [0.4, 0.5) is 0 Å². The maximum Gasteiger partial charge on any atom is 0.494 e. The lowest BCUT2D eigenvalue weighted by Gasteiger charge is -2.32. The third-order valence-corrected chi connectivity index (χ3v) is 5.03. The fourth-order valence-electron chi connectivity index (χ4n) is 2.87. The molecule has 1 heterocycles. The lowest BCUT2D eigenvalue weighted by atomic mass is 9.73. The molecule has 1 aromatic carbocycles. The fourth-order valence-corrected chi connectivity index (χ4v) is 2.87. The summed E-state index contributed by atoms with van der Waals surface area (Å²) in [7, 11) is -0.281. The van der Waals surface area contributed by atoms with E-state index >= 15 is 0 Å². The minimum Gasteiger partial charge on any atom is -0.399 e. The Morgan fingerprint density at radius 3 is 1.86 bits per heavy atom. The van der Waals surface area contributed by atoms with Gasteiger partial charge in [0.2, 0.25) is 0 Å². The van der Waals surface area contributed by atoms with Gasteiger partial charge >= 0.3 is 7.12 Å². The number of rotatable bonds is 2. The van der Waals surface area contributed by atoms with Gasteiger partial charge in [-0.3, -0.25) is 0 Å². The van der Waals surface area contributed by atoms with E-state index in [1.165, 1.54) is 11.1 Å². The van der Waals surface area contributed by atoms with Crippen LogP contribution < -0.4 is 5.46 Å². The van der Waals surface area contributed by atoms with Crippen LogP contribution in [0.1, 0.15) is 79.4 Å². The van der Waals surface area contributed by atoms with Crippen molar-refractivity contribution in [3.05, 3.63) is 29.3 Å². The Hall–Kier alpha value is -0.795. The van der Waals surface area contributed by atoms with Crippen LogP contribution in [0.25, 0.3) is 0 Å². The topological polar surface area (TPSA) is 18.5 Å². The van der Waals surface area contributed by atoms with Crippen molar-refractivity contribution in [1.29, 1.82) is 0 Å². The second-order valence-electron chi connectivity index (χ2n) is 8.84. The van der Waals surface area contributed by atoms with Gasteiger partial charge in [-0.05, 0) is 55.6 Å². The van der Waals surface area contributed by atoms with E-state index in [1.54, 1.807) is 0 Å². The van der Waals surface area contributed by atoms with E-state index in [9.17, 15) is 0 Å². The first-order valence-corrected chi connectivity index (χ1v) is 8.35. The molecule has 0 aliphatic carbocycles. The van der Waals surface area contributed by atoms with Crippen LogP contribution in [0.2, 0.25) is 0 Å². The Morgan fingerprint density at radius 1 is 0.955 bits per heavy atom. The van der Waals surface area contributed by atoms with E-state index in [4.69, 9.17) is 9.31 Å². The number of benzene rings is 1. The summed E-state index contributed by atoms with van der Waals surface area (Å²) in [5.41, 5.74) is 3.47. The first-order chi connectivity index (χ1) is 9.85. The lowest BCUT2D eigenvalue weighted by molar-refractivity contribution is 0.00578. The predicted molar refractivity (Wildman–Crippen MR) is 94.9 cm³/mol. The summed E-state index contributed by atoms with van der Waals surface area (Å²) in [4.78, 5) is 0. The minimum absolute atomic E-state index is 0.147. The summed E-state index contributed by atoms with van der Waals surface area (Å²) in [5, 5.41) is 0. The molecular weight excluding hydrogens is 271 g/mol. The second kappa shape index (κ2) is 5.38. The van der Waals surface area contributed by atoms with Crippen molar-refractivity contribution in [3.8, 4) is 0 Å². The highest BCUT2D eigenvalue weighted by molar-refractivity contribution is 6.62. The molecule has 22 heavy (non-hydrogen) atoms. The molecule has 2 rings (SSSR count). The molecule has 0 atom stereocenters. The monoisotopic (exact) mass is 302 g/mol. The van der Waals surface area contributed by atoms with E-state index < -0.39 is 0 Å². The Bertz CT molecular complexity index is 537. The van der Waals surface area contributed by atoms with Gasteiger partial charge in [0.25, 0.3) is 0 Å². The fraction of sp³-hybridized carbons (Fsp3) is 0.684. The molecule has 0 unspecified atom stereocenters. The van der Waals surface area contributed by atoms with Crippen molar-refractivity contribution < 1.29 is 9.31 Å². The van der Waals surface area contributed by atoms with Gasteiger partial charge in [0.15, 0.2) is 0 Å². The maximum atomic E-state index is 6.19. The Morgan fingerprint density at radius 2 is 1.45 bits per heavy atom. The van der Waals surface area contributed by atoms with E-state index in [2.05, 4.69) is 80.5 Å². The summed E-state index contributed by atoms with van der Waals surface area (Å²) in [5.74, 6) is 0.483. The summed E-state index contributed by atoms with van der Waals surface area (Å²) in [6.45, 7) is 19.7. The standard InChI is InChI=1S/C19H31BO2/c1-13(2)15-12-14(10-11-16(15)17(3,4)5)20-21-18(6,7)19(8,9)22-20/h10-13H,1-9H3. The van der Waals surface area contributed by atoms with Crippen LogP contribution in [-0.2, 0) is 14.7 Å². The van der Waals surface area contributed by atoms with Gasteiger partial charge in [-0.2, -0.15) is 0 Å². The zero-order chi connectivity index (χ0) is 16.9. The van der Waals surface area contributed by atoms with Crippen molar-refractivity contribution in [3.63, 3.8) is 0 Å². The zero-order valence-corrected chi connectivity index (χ0v) is 15.7. The van der Waals surface area contributed by atoms with E-state index in [1.807, 2.05) is 0 Å². The van der Waals surface area contributed by atoms with Crippen LogP contribution in [0.15, 0.2) is 18.2 Å². The molecule has 0 N–H and O–H groups in total. The van der Waals surface area contributed by atoms with Gasteiger partial charge in [0.1, 0.15) is 0 Å². The normalized spacial score (nSPS) is 20.7. The van der Waals surface area contributed by atoms with E-state index in [-0.39, 0.29) is 23.7 Å². The molecule has 1 saturated heterocycles. The summed E-state index contributed by atoms with van der Waals surface area (Å²) >= 11 is 0. The first kappa shape index (κ1) is 17.6. The highest BCUT2D eigenvalue weighted by atomic mass is 16.7. The molecule has 0 aromatic heterocycles. The Balaban J connectivity index is 2.41. The predicted octanol–water partition coefficient (Wildman–Crippen LogP) is 4.41. The van der Waals surface area contributed by atoms with Crippen LogP contribution >= 0.6 is 0 Å². The molecule has 3 heteroatoms. The summed E-state index contributed by atoms with van der Waals surface area (Å²) < 4.78 is 12.4. The summed E-state index contributed by atoms with van der Waals surface area (Å²) in [6, 6.07) is 6.68. The average molecular weight is 302 g/mol. The van der Waals surface area contributed by atoms with Crippen molar-refractivity contribution in [2.24, 2.45) is 0 Å². The van der Waals surface area contributed by atoms with E-state index in [0.29, 0.717) is 5.92 Å². The smallest absolute Gasteiger partial charge is 0.399 e. The van der Waals surface area contributed by atoms with Gasteiger partial charge in [0, 0.05) is 0 Å². The van der Waals surface area contributed by atoms with Crippen LogP contribution in [0.3, 0.4) is 0 Å². The van der Waals surface area contributed by atoms with Crippen LogP contribution in [0, 0.1) is 0 Å². The molecule has 0 bridgehead atoms. The molecule has 1 aliphatic rings. The van der Waals surface area contributed by atoms with Crippen molar-refractivity contribution in [2.75, 3.05) is 0 Å². The molecule has 0 saturated carbocycles. The molecular formula is C19H31BO2. The highest BCUT2D eigenvalue weighted by Crippen LogP contribution is 2.37. The van der Waals surface area contributed by atoms with Gasteiger partial charge in [-0.25, -0.2) is 0 Å². The number of hydrogen-bond donors (Lipinski definition) is 0. The molecule has 1 aromatic rings. The molecule has 0 spiro atoms. The molecule has 0 radical (unpaired) electrons.